The minimum Gasteiger partial charge on any atom is -0.497 e. The minimum absolute atomic E-state index is 0.236. The number of nitrogens with one attached hydrogen (secondary N) is 1. The van der Waals surface area contributed by atoms with E-state index in [4.69, 9.17) is 9.47 Å². The molecule has 0 radical (unpaired) electrons. The molecule has 1 amide bonds. The van der Waals surface area contributed by atoms with Crippen molar-refractivity contribution in [2.24, 2.45) is 0 Å². The maximum Gasteiger partial charge on any atom is 0.245 e. The van der Waals surface area contributed by atoms with Gasteiger partial charge in [0, 0.05) is 30.5 Å². The smallest absolute Gasteiger partial charge is 0.245 e. The van der Waals surface area contributed by atoms with Crippen molar-refractivity contribution in [3.05, 3.63) is 42.5 Å². The third-order valence-corrected chi connectivity index (χ3v) is 6.34. The highest BCUT2D eigenvalue weighted by atomic mass is 32.2. The van der Waals surface area contributed by atoms with Gasteiger partial charge >= 0.3 is 0 Å². The molecule has 0 aromatic heterocycles. The van der Waals surface area contributed by atoms with E-state index in [2.05, 4.69) is 10.2 Å². The normalized spacial score (nSPS) is 14.1. The Morgan fingerprint density at radius 2 is 1.71 bits per heavy atom. The second-order valence-electron chi connectivity index (χ2n) is 7.45. The summed E-state index contributed by atoms with van der Waals surface area (Å²) in [6, 6.07) is 12.4. The number of hydrogen-bond acceptors (Lipinski definition) is 6. The maximum atomic E-state index is 12.7. The maximum absolute atomic E-state index is 12.7. The second-order valence-corrected chi connectivity index (χ2v) is 9.36. The van der Waals surface area contributed by atoms with Gasteiger partial charge in [-0.3, -0.25) is 9.10 Å². The molecule has 1 fully saturated rings. The highest BCUT2D eigenvalue weighted by Crippen LogP contribution is 2.33. The summed E-state index contributed by atoms with van der Waals surface area (Å²) in [7, 11) is -0.831. The molecular weight excluding hydrogens is 418 g/mol. The van der Waals surface area contributed by atoms with Crippen LogP contribution in [0.25, 0.3) is 0 Å². The van der Waals surface area contributed by atoms with Crippen molar-refractivity contribution in [3.63, 3.8) is 0 Å². The van der Waals surface area contributed by atoms with Gasteiger partial charge in [-0.05, 0) is 55.7 Å². The average molecular weight is 448 g/mol. The Bertz CT molecular complexity index is 1000. The van der Waals surface area contributed by atoms with Gasteiger partial charge in [0.25, 0.3) is 0 Å². The van der Waals surface area contributed by atoms with Crippen LogP contribution in [0.3, 0.4) is 0 Å². The summed E-state index contributed by atoms with van der Waals surface area (Å²) in [5.74, 6) is 0.323. The second kappa shape index (κ2) is 9.91. The number of anilines is 3. The van der Waals surface area contributed by atoms with Crippen LogP contribution in [0.1, 0.15) is 19.3 Å². The molecule has 9 heteroatoms. The predicted octanol–water partition coefficient (Wildman–Crippen LogP) is 3.10. The van der Waals surface area contributed by atoms with Crippen LogP contribution in [0.2, 0.25) is 0 Å². The van der Waals surface area contributed by atoms with Gasteiger partial charge < -0.3 is 19.7 Å². The van der Waals surface area contributed by atoms with E-state index < -0.39 is 22.5 Å². The zero-order chi connectivity index (χ0) is 22.4. The van der Waals surface area contributed by atoms with Crippen molar-refractivity contribution < 1.29 is 22.7 Å². The Labute approximate surface area is 183 Å². The number of ether oxygens (including phenoxy) is 2. The van der Waals surface area contributed by atoms with Crippen molar-refractivity contribution in [1.29, 1.82) is 0 Å². The molecule has 1 aliphatic heterocycles. The summed E-state index contributed by atoms with van der Waals surface area (Å²) in [6.07, 6.45) is 4.69. The molecule has 3 rings (SSSR count). The van der Waals surface area contributed by atoms with Crippen LogP contribution in [0.5, 0.6) is 11.5 Å². The van der Waals surface area contributed by atoms with Gasteiger partial charge in [0.2, 0.25) is 15.9 Å². The van der Waals surface area contributed by atoms with Crippen LogP contribution < -0.4 is 24.0 Å². The Hall–Kier alpha value is -2.94. The summed E-state index contributed by atoms with van der Waals surface area (Å²) in [4.78, 5) is 15.0. The number of carbonyl (C=O) groups excluding carboxylic acids is 1. The van der Waals surface area contributed by atoms with Crippen LogP contribution in [0.4, 0.5) is 17.1 Å². The first-order valence-electron chi connectivity index (χ1n) is 10.2. The lowest BCUT2D eigenvalue weighted by atomic mass is 10.1. The van der Waals surface area contributed by atoms with E-state index in [1.165, 1.54) is 39.5 Å². The third-order valence-electron chi connectivity index (χ3n) is 5.21. The molecule has 2 aromatic rings. The van der Waals surface area contributed by atoms with E-state index in [0.717, 1.165) is 29.3 Å². The lowest BCUT2D eigenvalue weighted by Gasteiger charge is -2.29. The largest absolute Gasteiger partial charge is 0.497 e. The quantitative estimate of drug-likeness (QED) is 0.669. The van der Waals surface area contributed by atoms with Crippen molar-refractivity contribution in [3.8, 4) is 11.5 Å². The molecule has 0 bridgehead atoms. The number of carbonyl (C=O) groups is 1. The van der Waals surface area contributed by atoms with Crippen molar-refractivity contribution >= 4 is 33.0 Å². The fourth-order valence-corrected chi connectivity index (χ4v) is 4.46. The van der Waals surface area contributed by atoms with Crippen LogP contribution in [0, 0.1) is 0 Å². The minimum atomic E-state index is -3.75. The van der Waals surface area contributed by atoms with E-state index in [0.29, 0.717) is 17.2 Å². The molecule has 31 heavy (non-hydrogen) atoms. The molecular formula is C22H29N3O5S. The third kappa shape index (κ3) is 5.81. The molecule has 2 aromatic carbocycles. The summed E-state index contributed by atoms with van der Waals surface area (Å²) in [6.45, 7) is 1.69. The molecule has 1 heterocycles. The summed E-state index contributed by atoms with van der Waals surface area (Å²) >= 11 is 0. The molecule has 1 aliphatic rings. The fraction of sp³-hybridized carbons (Fsp3) is 0.409. The van der Waals surface area contributed by atoms with E-state index in [1.807, 2.05) is 24.3 Å². The Morgan fingerprint density at radius 3 is 2.29 bits per heavy atom. The van der Waals surface area contributed by atoms with Gasteiger partial charge in [0.15, 0.2) is 0 Å². The molecule has 0 saturated carbocycles. The first kappa shape index (κ1) is 22.7. The lowest BCUT2D eigenvalue weighted by molar-refractivity contribution is -0.114. The Balaban J connectivity index is 1.75. The number of hydrogen-bond donors (Lipinski definition) is 1. The van der Waals surface area contributed by atoms with E-state index in [1.54, 1.807) is 12.1 Å². The topological polar surface area (TPSA) is 88.2 Å². The van der Waals surface area contributed by atoms with E-state index in [-0.39, 0.29) is 5.69 Å². The van der Waals surface area contributed by atoms with Gasteiger partial charge in [-0.25, -0.2) is 8.42 Å². The fourth-order valence-electron chi connectivity index (χ4n) is 3.61. The molecule has 0 atom stereocenters. The predicted molar refractivity (Wildman–Crippen MR) is 123 cm³/mol. The summed E-state index contributed by atoms with van der Waals surface area (Å²) in [5.41, 5.74) is 1.97. The van der Waals surface area contributed by atoms with Gasteiger partial charge in [0.05, 0.1) is 26.2 Å². The van der Waals surface area contributed by atoms with E-state index in [9.17, 15) is 13.2 Å². The lowest BCUT2D eigenvalue weighted by Crippen LogP contribution is -2.37. The number of methoxy groups -OCH3 is 2. The molecule has 168 valence electrons. The van der Waals surface area contributed by atoms with Gasteiger partial charge in [-0.1, -0.05) is 0 Å². The zero-order valence-electron chi connectivity index (χ0n) is 18.1. The standard InChI is InChI=1S/C22H29N3O5S/c1-29-19-11-12-21(30-2)20(15-19)25(31(3,27)28)16-22(26)23-17-7-9-18(10-8-17)24-13-5-4-6-14-24/h7-12,15H,4-6,13-14,16H2,1-3H3,(H,23,26). The molecule has 1 N–H and O–H groups in total. The number of sulfonamides is 1. The number of amides is 1. The first-order valence-corrected chi connectivity index (χ1v) is 12.0. The zero-order valence-corrected chi connectivity index (χ0v) is 18.9. The molecule has 0 spiro atoms. The SMILES string of the molecule is COc1ccc(OC)c(N(CC(=O)Nc2ccc(N3CCCCC3)cc2)S(C)(=O)=O)c1. The monoisotopic (exact) mass is 447 g/mol. The average Bonchev–Trinajstić information content (AvgIpc) is 2.77. The van der Waals surface area contributed by atoms with Gasteiger partial charge in [-0.2, -0.15) is 0 Å². The van der Waals surface area contributed by atoms with Crippen molar-refractivity contribution in [2.75, 3.05) is 54.6 Å². The Morgan fingerprint density at radius 1 is 1.03 bits per heavy atom. The molecule has 8 nitrogen and oxygen atoms in total. The summed E-state index contributed by atoms with van der Waals surface area (Å²) < 4.78 is 36.4. The Kier molecular flexibility index (Phi) is 7.27. The van der Waals surface area contributed by atoms with Crippen LogP contribution in [-0.2, 0) is 14.8 Å². The van der Waals surface area contributed by atoms with Crippen LogP contribution in [-0.4, -0.2) is 54.4 Å². The molecule has 1 saturated heterocycles. The van der Waals surface area contributed by atoms with Crippen LogP contribution >= 0.6 is 0 Å². The van der Waals surface area contributed by atoms with Crippen molar-refractivity contribution in [1.82, 2.24) is 0 Å². The van der Waals surface area contributed by atoms with Gasteiger partial charge in [0.1, 0.15) is 18.0 Å². The van der Waals surface area contributed by atoms with Crippen LogP contribution in [0.15, 0.2) is 42.5 Å². The number of rotatable bonds is 8. The highest BCUT2D eigenvalue weighted by Gasteiger charge is 2.25. The summed E-state index contributed by atoms with van der Waals surface area (Å²) in [5, 5.41) is 2.77. The van der Waals surface area contributed by atoms with Crippen molar-refractivity contribution in [2.45, 2.75) is 19.3 Å². The number of piperidine rings is 1. The van der Waals surface area contributed by atoms with E-state index >= 15 is 0 Å². The van der Waals surface area contributed by atoms with Gasteiger partial charge in [-0.15, -0.1) is 0 Å². The molecule has 0 aliphatic carbocycles. The molecule has 0 unspecified atom stereocenters. The number of nitrogens with zero attached hydrogens (tertiary/aromatic N) is 2. The highest BCUT2D eigenvalue weighted by molar-refractivity contribution is 7.92. The number of benzene rings is 2. The first-order chi connectivity index (χ1) is 14.8.